The minimum absolute atomic E-state index is 0.175. The largest absolute Gasteiger partial charge is 0.377 e. The summed E-state index contributed by atoms with van der Waals surface area (Å²) in [6.45, 7) is 2.95. The van der Waals surface area contributed by atoms with Crippen molar-refractivity contribution in [1.29, 1.82) is 0 Å². The Morgan fingerprint density at radius 2 is 2.22 bits per heavy atom. The minimum Gasteiger partial charge on any atom is -0.377 e. The zero-order chi connectivity index (χ0) is 19.0. The third-order valence-corrected chi connectivity index (χ3v) is 6.09. The van der Waals surface area contributed by atoms with Gasteiger partial charge in [0.05, 0.1) is 11.6 Å². The molecule has 4 rings (SSSR count). The highest BCUT2D eigenvalue weighted by Gasteiger charge is 2.30. The van der Waals surface area contributed by atoms with E-state index in [1.165, 1.54) is 0 Å². The molecule has 27 heavy (non-hydrogen) atoms. The fraction of sp³-hybridized carbons (Fsp3) is 0.389. The molecular formula is C18H21N5O3S. The van der Waals surface area contributed by atoms with Crippen LogP contribution in [0.2, 0.25) is 0 Å². The van der Waals surface area contributed by atoms with E-state index in [9.17, 15) is 8.42 Å². The highest BCUT2D eigenvalue weighted by atomic mass is 32.2. The Morgan fingerprint density at radius 1 is 1.37 bits per heavy atom. The molecule has 0 amide bonds. The van der Waals surface area contributed by atoms with Gasteiger partial charge in [-0.1, -0.05) is 12.1 Å². The third kappa shape index (κ3) is 3.45. The van der Waals surface area contributed by atoms with Gasteiger partial charge in [0, 0.05) is 25.2 Å². The van der Waals surface area contributed by atoms with E-state index in [-0.39, 0.29) is 4.90 Å². The first-order valence-corrected chi connectivity index (χ1v) is 10.3. The molecule has 0 unspecified atom stereocenters. The molecule has 3 heterocycles. The Hall–Kier alpha value is -2.36. The van der Waals surface area contributed by atoms with Crippen LogP contribution in [-0.4, -0.2) is 35.3 Å². The number of aryl methyl sites for hydroxylation is 2. The number of fused-ring (bicyclic) bond motifs is 2. The van der Waals surface area contributed by atoms with Gasteiger partial charge in [0.15, 0.2) is 5.82 Å². The average molecular weight is 387 g/mol. The number of methoxy groups -OCH3 is 1. The van der Waals surface area contributed by atoms with Crippen molar-refractivity contribution in [3.8, 4) is 0 Å². The summed E-state index contributed by atoms with van der Waals surface area (Å²) in [7, 11) is -2.19. The molecule has 142 valence electrons. The van der Waals surface area contributed by atoms with E-state index >= 15 is 0 Å². The number of hydrogen-bond acceptors (Lipinski definition) is 6. The number of aromatic nitrogens is 4. The molecule has 2 aromatic heterocycles. The number of pyridine rings is 1. The Balaban J connectivity index is 1.69. The monoisotopic (exact) mass is 387 g/mol. The van der Waals surface area contributed by atoms with E-state index in [1.807, 2.05) is 19.1 Å². The second-order valence-corrected chi connectivity index (χ2v) is 8.38. The molecule has 0 radical (unpaired) electrons. The van der Waals surface area contributed by atoms with Crippen molar-refractivity contribution in [1.82, 2.24) is 24.5 Å². The number of ether oxygens (including phenoxy) is 1. The predicted molar refractivity (Wildman–Crippen MR) is 99.5 cm³/mol. The van der Waals surface area contributed by atoms with E-state index in [0.29, 0.717) is 30.2 Å². The summed E-state index contributed by atoms with van der Waals surface area (Å²) in [5.74, 6) is 1.18. The fourth-order valence-electron chi connectivity index (χ4n) is 3.41. The Morgan fingerprint density at radius 3 is 3.04 bits per heavy atom. The summed E-state index contributed by atoms with van der Waals surface area (Å²) in [4.78, 5) is 8.98. The number of rotatable bonds is 5. The van der Waals surface area contributed by atoms with E-state index in [0.717, 1.165) is 23.9 Å². The molecule has 8 nitrogen and oxygen atoms in total. The Labute approximate surface area is 157 Å². The lowest BCUT2D eigenvalue weighted by Gasteiger charge is -2.23. The number of nitrogens with one attached hydrogen (secondary N) is 1. The summed E-state index contributed by atoms with van der Waals surface area (Å²) in [6, 6.07) is 6.68. The number of hydrogen-bond donors (Lipinski definition) is 1. The second-order valence-electron chi connectivity index (χ2n) is 6.70. The number of benzene rings is 1. The molecule has 0 saturated carbocycles. The van der Waals surface area contributed by atoms with Gasteiger partial charge in [0.1, 0.15) is 17.3 Å². The number of nitrogens with zero attached hydrogens (tertiary/aromatic N) is 4. The van der Waals surface area contributed by atoms with Crippen molar-refractivity contribution in [2.75, 3.05) is 7.11 Å². The summed E-state index contributed by atoms with van der Waals surface area (Å²) >= 11 is 0. The fourth-order valence-corrected chi connectivity index (χ4v) is 4.82. The quantitative estimate of drug-likeness (QED) is 0.720. The molecule has 9 heteroatoms. The van der Waals surface area contributed by atoms with Crippen LogP contribution >= 0.6 is 0 Å². The second kappa shape index (κ2) is 6.99. The molecule has 3 aromatic rings. The maximum atomic E-state index is 13.1. The molecule has 0 spiro atoms. The van der Waals surface area contributed by atoms with Gasteiger partial charge in [-0.2, -0.15) is 5.10 Å². The number of sulfonamides is 1. The van der Waals surface area contributed by atoms with Gasteiger partial charge < -0.3 is 4.74 Å². The molecule has 0 saturated heterocycles. The van der Waals surface area contributed by atoms with Crippen molar-refractivity contribution in [2.24, 2.45) is 0 Å². The minimum atomic E-state index is -3.77. The van der Waals surface area contributed by atoms with Crippen molar-refractivity contribution < 1.29 is 13.2 Å². The van der Waals surface area contributed by atoms with Crippen LogP contribution in [-0.2, 0) is 27.9 Å². The first kappa shape index (κ1) is 18.0. The lowest BCUT2D eigenvalue weighted by molar-refractivity contribution is 0.177. The molecule has 1 aliphatic rings. The summed E-state index contributed by atoms with van der Waals surface area (Å²) in [5, 5.41) is 5.18. The van der Waals surface area contributed by atoms with Crippen molar-refractivity contribution in [2.45, 2.75) is 43.9 Å². The topological polar surface area (TPSA) is 99.0 Å². The van der Waals surface area contributed by atoms with Gasteiger partial charge in [-0.15, -0.1) is 0 Å². The maximum absolute atomic E-state index is 13.1. The SMILES string of the molecule is COCc1nc2n(n1)CCC[C@@H]2NS(=O)(=O)c1cccc2cc(C)cnc12. The molecule has 0 bridgehead atoms. The summed E-state index contributed by atoms with van der Waals surface area (Å²) < 4.78 is 35.9. The van der Waals surface area contributed by atoms with Crippen LogP contribution in [0.5, 0.6) is 0 Å². The van der Waals surface area contributed by atoms with Crippen molar-refractivity contribution in [3.63, 3.8) is 0 Å². The van der Waals surface area contributed by atoms with Gasteiger partial charge in [-0.25, -0.2) is 22.8 Å². The molecule has 0 aliphatic carbocycles. The van der Waals surface area contributed by atoms with Crippen molar-refractivity contribution in [3.05, 3.63) is 47.7 Å². The molecule has 1 N–H and O–H groups in total. The van der Waals surface area contributed by atoms with E-state index in [1.54, 1.807) is 30.1 Å². The Kier molecular flexibility index (Phi) is 4.67. The normalized spacial score (nSPS) is 17.2. The van der Waals surface area contributed by atoms with Crippen LogP contribution in [0.4, 0.5) is 0 Å². The molecule has 1 aromatic carbocycles. The molecule has 0 fully saturated rings. The molecule has 1 aliphatic heterocycles. The van der Waals surface area contributed by atoms with Crippen LogP contribution in [0.25, 0.3) is 10.9 Å². The van der Waals surface area contributed by atoms with Crippen molar-refractivity contribution >= 4 is 20.9 Å². The van der Waals surface area contributed by atoms with Crippen LogP contribution in [0, 0.1) is 6.92 Å². The molecule has 1 atom stereocenters. The van der Waals surface area contributed by atoms with Gasteiger partial charge in [-0.05, 0) is 37.5 Å². The maximum Gasteiger partial charge on any atom is 0.243 e. The van der Waals surface area contributed by atoms with Gasteiger partial charge in [-0.3, -0.25) is 4.98 Å². The standard InChI is InChI=1S/C18H21N5O3S/c1-12-9-13-5-3-7-15(17(13)19-10-12)27(24,25)22-14-6-4-8-23-18(14)20-16(21-23)11-26-2/h3,5,7,9-10,14,22H,4,6,8,11H2,1-2H3/t14-/m0/s1. The van der Waals surface area contributed by atoms with Gasteiger partial charge in [0.2, 0.25) is 10.0 Å². The third-order valence-electron chi connectivity index (χ3n) is 4.59. The van der Waals surface area contributed by atoms with Crippen LogP contribution in [0.15, 0.2) is 35.4 Å². The smallest absolute Gasteiger partial charge is 0.243 e. The predicted octanol–water partition coefficient (Wildman–Crippen LogP) is 2.09. The highest BCUT2D eigenvalue weighted by molar-refractivity contribution is 7.89. The lowest BCUT2D eigenvalue weighted by atomic mass is 10.1. The lowest BCUT2D eigenvalue weighted by Crippen LogP contribution is -2.33. The highest BCUT2D eigenvalue weighted by Crippen LogP contribution is 2.27. The first-order valence-electron chi connectivity index (χ1n) is 8.78. The molecular weight excluding hydrogens is 366 g/mol. The van der Waals surface area contributed by atoms with Crippen LogP contribution < -0.4 is 4.72 Å². The van der Waals surface area contributed by atoms with E-state index in [4.69, 9.17) is 4.74 Å². The zero-order valence-electron chi connectivity index (χ0n) is 15.2. The summed E-state index contributed by atoms with van der Waals surface area (Å²) in [6.07, 6.45) is 3.17. The zero-order valence-corrected chi connectivity index (χ0v) is 16.0. The van der Waals surface area contributed by atoms with Crippen LogP contribution in [0.3, 0.4) is 0 Å². The average Bonchev–Trinajstić information content (AvgIpc) is 3.05. The van der Waals surface area contributed by atoms with Crippen LogP contribution in [0.1, 0.15) is 36.1 Å². The van der Waals surface area contributed by atoms with Gasteiger partial charge in [0.25, 0.3) is 0 Å². The first-order chi connectivity index (χ1) is 13.0. The van der Waals surface area contributed by atoms with E-state index < -0.39 is 16.1 Å². The van der Waals surface area contributed by atoms with Gasteiger partial charge >= 0.3 is 0 Å². The number of para-hydroxylation sites is 1. The Bertz CT molecular complexity index is 1090. The summed E-state index contributed by atoms with van der Waals surface area (Å²) in [5.41, 5.74) is 1.45. The van der Waals surface area contributed by atoms with E-state index in [2.05, 4.69) is 19.8 Å².